The molecule has 1 heterocycles. The Balaban J connectivity index is 1.64. The number of likely N-dealkylation sites (tertiary alicyclic amines) is 1. The molecule has 3 rings (SSSR count). The Morgan fingerprint density at radius 3 is 2.20 bits per heavy atom. The van der Waals surface area contributed by atoms with E-state index in [1.807, 2.05) is 0 Å². The Morgan fingerprint density at radius 2 is 1.60 bits per heavy atom. The lowest BCUT2D eigenvalue weighted by Gasteiger charge is -2.29. The van der Waals surface area contributed by atoms with E-state index >= 15 is 0 Å². The molecule has 1 saturated heterocycles. The number of hydrogen-bond acceptors (Lipinski definition) is 2. The number of piperidine rings is 1. The molecule has 2 nitrogen and oxygen atoms in total. The van der Waals surface area contributed by atoms with Gasteiger partial charge in [-0.15, -0.1) is 0 Å². The zero-order valence-corrected chi connectivity index (χ0v) is 16.1. The molecule has 0 radical (unpaired) electrons. The first-order valence-corrected chi connectivity index (χ1v) is 9.44. The first-order valence-electron chi connectivity index (χ1n) is 9.44. The molecule has 0 N–H and O–H groups in total. The molecule has 2 aromatic carbocycles. The Bertz CT molecular complexity index is 672. The largest absolute Gasteiger partial charge is 0.493 e. The lowest BCUT2D eigenvalue weighted by molar-refractivity contribution is 0.150. The lowest BCUT2D eigenvalue weighted by Crippen LogP contribution is -2.34. The Kier molecular flexibility index (Phi) is 5.48. The van der Waals surface area contributed by atoms with Crippen molar-refractivity contribution in [2.45, 2.75) is 39.0 Å². The second kappa shape index (κ2) is 7.61. The van der Waals surface area contributed by atoms with Gasteiger partial charge in [-0.1, -0.05) is 55.8 Å². The van der Waals surface area contributed by atoms with Gasteiger partial charge in [-0.3, -0.25) is 0 Å². The van der Waals surface area contributed by atoms with E-state index in [2.05, 4.69) is 81.2 Å². The summed E-state index contributed by atoms with van der Waals surface area (Å²) in [4.78, 5) is 2.41. The highest BCUT2D eigenvalue weighted by Gasteiger charge is 2.23. The van der Waals surface area contributed by atoms with Gasteiger partial charge in [0.15, 0.2) is 0 Å². The second-order valence-electron chi connectivity index (χ2n) is 8.10. The highest BCUT2D eigenvalue weighted by Crippen LogP contribution is 2.32. The maximum absolute atomic E-state index is 6.06. The summed E-state index contributed by atoms with van der Waals surface area (Å²) in [7, 11) is 2.20. The summed E-state index contributed by atoms with van der Waals surface area (Å²) < 4.78 is 6.06. The molecule has 25 heavy (non-hydrogen) atoms. The SMILES string of the molecule is Cc1ccc(C(C)(C)c2ccc(OCC3CCCN(C)C3)cc2)cc1. The van der Waals surface area contributed by atoms with Crippen LogP contribution in [0.15, 0.2) is 48.5 Å². The summed E-state index contributed by atoms with van der Waals surface area (Å²) in [5, 5.41) is 0. The molecule has 0 amide bonds. The van der Waals surface area contributed by atoms with Crippen LogP contribution in [-0.4, -0.2) is 31.6 Å². The zero-order chi connectivity index (χ0) is 17.9. The van der Waals surface area contributed by atoms with E-state index < -0.39 is 0 Å². The molecule has 0 aliphatic carbocycles. The minimum atomic E-state index is -0.00167. The smallest absolute Gasteiger partial charge is 0.119 e. The van der Waals surface area contributed by atoms with E-state index in [9.17, 15) is 0 Å². The van der Waals surface area contributed by atoms with Crippen LogP contribution in [0.2, 0.25) is 0 Å². The van der Waals surface area contributed by atoms with E-state index in [0.29, 0.717) is 5.92 Å². The van der Waals surface area contributed by atoms with E-state index in [1.165, 1.54) is 36.1 Å². The van der Waals surface area contributed by atoms with Gasteiger partial charge in [-0.25, -0.2) is 0 Å². The van der Waals surface area contributed by atoms with Crippen LogP contribution < -0.4 is 4.74 Å². The maximum Gasteiger partial charge on any atom is 0.119 e. The molecule has 1 unspecified atom stereocenters. The minimum absolute atomic E-state index is 0.00167. The molecular weight excluding hydrogens is 306 g/mol. The molecule has 1 aliphatic rings. The Labute approximate surface area is 152 Å². The average Bonchev–Trinajstić information content (AvgIpc) is 2.61. The van der Waals surface area contributed by atoms with Crippen LogP contribution in [0.3, 0.4) is 0 Å². The Hall–Kier alpha value is -1.80. The fourth-order valence-corrected chi connectivity index (χ4v) is 3.73. The van der Waals surface area contributed by atoms with Gasteiger partial charge in [0.2, 0.25) is 0 Å². The van der Waals surface area contributed by atoms with Crippen molar-refractivity contribution in [2.24, 2.45) is 5.92 Å². The van der Waals surface area contributed by atoms with Crippen molar-refractivity contribution in [3.63, 3.8) is 0 Å². The average molecular weight is 338 g/mol. The second-order valence-corrected chi connectivity index (χ2v) is 8.10. The number of hydrogen-bond donors (Lipinski definition) is 0. The first-order chi connectivity index (χ1) is 11.9. The quantitative estimate of drug-likeness (QED) is 0.758. The molecule has 0 spiro atoms. The van der Waals surface area contributed by atoms with E-state index in [4.69, 9.17) is 4.74 Å². The highest BCUT2D eigenvalue weighted by atomic mass is 16.5. The monoisotopic (exact) mass is 337 g/mol. The zero-order valence-electron chi connectivity index (χ0n) is 16.1. The molecule has 0 aromatic heterocycles. The van der Waals surface area contributed by atoms with Gasteiger partial charge in [0.25, 0.3) is 0 Å². The van der Waals surface area contributed by atoms with Crippen molar-refractivity contribution in [3.05, 3.63) is 65.2 Å². The van der Waals surface area contributed by atoms with Crippen molar-refractivity contribution in [3.8, 4) is 5.75 Å². The van der Waals surface area contributed by atoms with Crippen LogP contribution >= 0.6 is 0 Å². The number of ether oxygens (including phenoxy) is 1. The number of benzene rings is 2. The molecule has 134 valence electrons. The van der Waals surface area contributed by atoms with Crippen molar-refractivity contribution < 1.29 is 4.74 Å². The fraction of sp³-hybridized carbons (Fsp3) is 0.478. The summed E-state index contributed by atoms with van der Waals surface area (Å²) in [5.74, 6) is 1.64. The summed E-state index contributed by atoms with van der Waals surface area (Å²) in [6, 6.07) is 17.5. The van der Waals surface area contributed by atoms with Gasteiger partial charge >= 0.3 is 0 Å². The standard InChI is InChI=1S/C23H31NO/c1-18-7-9-20(10-8-18)23(2,3)21-11-13-22(14-12-21)25-17-19-6-5-15-24(4)16-19/h7-14,19H,5-6,15-17H2,1-4H3. The molecular formula is C23H31NO. The predicted molar refractivity (Wildman–Crippen MR) is 105 cm³/mol. The molecule has 0 saturated carbocycles. The third kappa shape index (κ3) is 4.43. The van der Waals surface area contributed by atoms with Crippen molar-refractivity contribution in [1.29, 1.82) is 0 Å². The van der Waals surface area contributed by atoms with Crippen LogP contribution in [-0.2, 0) is 5.41 Å². The fourth-order valence-electron chi connectivity index (χ4n) is 3.73. The topological polar surface area (TPSA) is 12.5 Å². The summed E-state index contributed by atoms with van der Waals surface area (Å²) in [6.45, 7) is 9.90. The van der Waals surface area contributed by atoms with E-state index in [1.54, 1.807) is 0 Å². The van der Waals surface area contributed by atoms with E-state index in [-0.39, 0.29) is 5.41 Å². The maximum atomic E-state index is 6.06. The Morgan fingerprint density at radius 1 is 1.00 bits per heavy atom. The lowest BCUT2D eigenvalue weighted by atomic mass is 9.78. The van der Waals surface area contributed by atoms with Crippen molar-refractivity contribution >= 4 is 0 Å². The summed E-state index contributed by atoms with van der Waals surface area (Å²) in [6.07, 6.45) is 2.57. The molecule has 2 aromatic rings. The third-order valence-corrected chi connectivity index (χ3v) is 5.56. The van der Waals surface area contributed by atoms with Gasteiger partial charge < -0.3 is 9.64 Å². The van der Waals surface area contributed by atoms with Crippen molar-refractivity contribution in [1.82, 2.24) is 4.90 Å². The highest BCUT2D eigenvalue weighted by molar-refractivity contribution is 5.40. The molecule has 0 bridgehead atoms. The van der Waals surface area contributed by atoms with Crippen LogP contribution in [0.25, 0.3) is 0 Å². The number of nitrogens with zero attached hydrogens (tertiary/aromatic N) is 1. The van der Waals surface area contributed by atoms with Crippen molar-refractivity contribution in [2.75, 3.05) is 26.7 Å². The third-order valence-electron chi connectivity index (χ3n) is 5.56. The van der Waals surface area contributed by atoms with Crippen LogP contribution in [0.1, 0.15) is 43.4 Å². The summed E-state index contributed by atoms with van der Waals surface area (Å²) in [5.41, 5.74) is 3.97. The molecule has 2 heteroatoms. The van der Waals surface area contributed by atoms with Gasteiger partial charge in [0, 0.05) is 17.9 Å². The van der Waals surface area contributed by atoms with Crippen LogP contribution in [0, 0.1) is 12.8 Å². The number of aryl methyl sites for hydroxylation is 1. The van der Waals surface area contributed by atoms with Gasteiger partial charge in [0.1, 0.15) is 5.75 Å². The summed E-state index contributed by atoms with van der Waals surface area (Å²) >= 11 is 0. The van der Waals surface area contributed by atoms with Gasteiger partial charge in [-0.2, -0.15) is 0 Å². The van der Waals surface area contributed by atoms with E-state index in [0.717, 1.165) is 18.9 Å². The van der Waals surface area contributed by atoms with Gasteiger partial charge in [-0.05, 0) is 56.6 Å². The normalized spacial score (nSPS) is 19.0. The van der Waals surface area contributed by atoms with Crippen LogP contribution in [0.4, 0.5) is 0 Å². The molecule has 1 atom stereocenters. The van der Waals surface area contributed by atoms with Crippen LogP contribution in [0.5, 0.6) is 5.75 Å². The molecule has 1 fully saturated rings. The number of rotatable bonds is 5. The predicted octanol–water partition coefficient (Wildman–Crippen LogP) is 5.04. The molecule has 1 aliphatic heterocycles. The first kappa shape index (κ1) is 18.0. The minimum Gasteiger partial charge on any atom is -0.493 e. The van der Waals surface area contributed by atoms with Gasteiger partial charge in [0.05, 0.1) is 6.61 Å².